The minimum absolute atomic E-state index is 0.165. The van der Waals surface area contributed by atoms with E-state index in [1.165, 1.54) is 0 Å². The van der Waals surface area contributed by atoms with Crippen molar-refractivity contribution in [1.29, 1.82) is 0 Å². The van der Waals surface area contributed by atoms with Crippen molar-refractivity contribution >= 4 is 11.5 Å². The first-order chi connectivity index (χ1) is 6.33. The SMILES string of the molecule is N/N=C(/N)c1nnc2ccccn12. The highest BCUT2D eigenvalue weighted by atomic mass is 15.3. The number of hydrogen-bond donors (Lipinski definition) is 2. The number of hydrazone groups is 1. The average Bonchev–Trinajstić information content (AvgIpc) is 2.60. The third-order valence-corrected chi connectivity index (χ3v) is 1.68. The molecule has 0 aromatic carbocycles. The maximum absolute atomic E-state index is 5.51. The molecule has 2 aromatic rings. The third-order valence-electron chi connectivity index (χ3n) is 1.68. The minimum atomic E-state index is 0.165. The number of amidine groups is 1. The molecule has 0 spiro atoms. The first-order valence-electron chi connectivity index (χ1n) is 3.66. The number of pyridine rings is 1. The number of hydrogen-bond acceptors (Lipinski definition) is 4. The summed E-state index contributed by atoms with van der Waals surface area (Å²) in [5.41, 5.74) is 6.22. The van der Waals surface area contributed by atoms with E-state index in [4.69, 9.17) is 11.6 Å². The average molecular weight is 176 g/mol. The van der Waals surface area contributed by atoms with E-state index in [0.717, 1.165) is 0 Å². The van der Waals surface area contributed by atoms with Gasteiger partial charge in [-0.15, -0.1) is 10.2 Å². The van der Waals surface area contributed by atoms with Crippen LogP contribution in [-0.2, 0) is 0 Å². The van der Waals surface area contributed by atoms with Crippen LogP contribution >= 0.6 is 0 Å². The molecule has 0 aliphatic heterocycles. The molecule has 6 nitrogen and oxygen atoms in total. The van der Waals surface area contributed by atoms with Gasteiger partial charge in [0.05, 0.1) is 0 Å². The van der Waals surface area contributed by atoms with Crippen molar-refractivity contribution in [3.05, 3.63) is 30.2 Å². The van der Waals surface area contributed by atoms with Gasteiger partial charge in [0.15, 0.2) is 11.5 Å². The Labute approximate surface area is 73.9 Å². The zero-order valence-corrected chi connectivity index (χ0v) is 6.75. The molecule has 2 aromatic heterocycles. The second-order valence-corrected chi connectivity index (χ2v) is 2.47. The quantitative estimate of drug-likeness (QED) is 0.260. The molecular formula is C7H8N6. The predicted molar refractivity (Wildman–Crippen MR) is 47.9 cm³/mol. The summed E-state index contributed by atoms with van der Waals surface area (Å²) < 4.78 is 1.71. The Morgan fingerprint density at radius 3 is 3.00 bits per heavy atom. The zero-order valence-electron chi connectivity index (χ0n) is 6.75. The minimum Gasteiger partial charge on any atom is -0.379 e. The highest BCUT2D eigenvalue weighted by Gasteiger charge is 2.07. The van der Waals surface area contributed by atoms with Gasteiger partial charge in [-0.3, -0.25) is 4.40 Å². The van der Waals surface area contributed by atoms with Crippen LogP contribution in [0.15, 0.2) is 29.5 Å². The number of nitrogens with two attached hydrogens (primary N) is 2. The molecule has 0 saturated heterocycles. The van der Waals surface area contributed by atoms with Crippen molar-refractivity contribution in [2.24, 2.45) is 16.7 Å². The number of fused-ring (bicyclic) bond motifs is 1. The standard InChI is InChI=1S/C7H8N6/c8-6(10-9)7-12-11-5-3-1-2-4-13(5)7/h1-4H,9H2,(H2,8,10). The normalized spacial score (nSPS) is 12.2. The van der Waals surface area contributed by atoms with Crippen LogP contribution in [0.3, 0.4) is 0 Å². The topological polar surface area (TPSA) is 94.6 Å². The van der Waals surface area contributed by atoms with Crippen molar-refractivity contribution < 1.29 is 0 Å². The highest BCUT2D eigenvalue weighted by Crippen LogP contribution is 2.01. The van der Waals surface area contributed by atoms with Crippen LogP contribution in [0.4, 0.5) is 0 Å². The lowest BCUT2D eigenvalue weighted by molar-refractivity contribution is 1.05. The van der Waals surface area contributed by atoms with Crippen LogP contribution in [0.25, 0.3) is 5.65 Å². The van der Waals surface area contributed by atoms with Gasteiger partial charge >= 0.3 is 0 Å². The van der Waals surface area contributed by atoms with Crippen molar-refractivity contribution in [2.75, 3.05) is 0 Å². The summed E-state index contributed by atoms with van der Waals surface area (Å²) in [4.78, 5) is 0. The zero-order chi connectivity index (χ0) is 9.26. The molecule has 0 atom stereocenters. The van der Waals surface area contributed by atoms with Crippen molar-refractivity contribution in [3.8, 4) is 0 Å². The van der Waals surface area contributed by atoms with Gasteiger partial charge < -0.3 is 11.6 Å². The van der Waals surface area contributed by atoms with Gasteiger partial charge in [-0.1, -0.05) is 6.07 Å². The summed E-state index contributed by atoms with van der Waals surface area (Å²) >= 11 is 0. The first-order valence-corrected chi connectivity index (χ1v) is 3.66. The Bertz CT molecular complexity index is 457. The number of nitrogens with zero attached hydrogens (tertiary/aromatic N) is 4. The Morgan fingerprint density at radius 1 is 1.38 bits per heavy atom. The van der Waals surface area contributed by atoms with E-state index in [1.54, 1.807) is 10.6 Å². The van der Waals surface area contributed by atoms with Crippen LogP contribution in [0.5, 0.6) is 0 Å². The van der Waals surface area contributed by atoms with Gasteiger partial charge in [-0.25, -0.2) is 0 Å². The Kier molecular flexibility index (Phi) is 1.59. The fourth-order valence-corrected chi connectivity index (χ4v) is 1.07. The van der Waals surface area contributed by atoms with Crippen LogP contribution in [0.1, 0.15) is 5.82 Å². The fraction of sp³-hybridized carbons (Fsp3) is 0. The lowest BCUT2D eigenvalue weighted by Crippen LogP contribution is -2.18. The molecule has 0 amide bonds. The summed E-state index contributed by atoms with van der Waals surface area (Å²) in [6.45, 7) is 0. The lowest BCUT2D eigenvalue weighted by Gasteiger charge is -1.95. The van der Waals surface area contributed by atoms with Gasteiger partial charge in [-0.2, -0.15) is 5.10 Å². The molecule has 0 aliphatic rings. The molecule has 0 aliphatic carbocycles. The molecule has 2 heterocycles. The molecular weight excluding hydrogens is 168 g/mol. The van der Waals surface area contributed by atoms with E-state index in [9.17, 15) is 0 Å². The van der Waals surface area contributed by atoms with Gasteiger partial charge in [0.2, 0.25) is 5.82 Å². The Balaban J connectivity index is 2.71. The van der Waals surface area contributed by atoms with Crippen LogP contribution < -0.4 is 11.6 Å². The van der Waals surface area contributed by atoms with E-state index < -0.39 is 0 Å². The summed E-state index contributed by atoms with van der Waals surface area (Å²) in [6, 6.07) is 5.54. The van der Waals surface area contributed by atoms with Crippen molar-refractivity contribution in [1.82, 2.24) is 14.6 Å². The fourth-order valence-electron chi connectivity index (χ4n) is 1.07. The van der Waals surface area contributed by atoms with E-state index in [-0.39, 0.29) is 5.84 Å². The van der Waals surface area contributed by atoms with Crippen molar-refractivity contribution in [3.63, 3.8) is 0 Å². The van der Waals surface area contributed by atoms with E-state index in [2.05, 4.69) is 15.3 Å². The van der Waals surface area contributed by atoms with Gasteiger partial charge in [0, 0.05) is 6.20 Å². The van der Waals surface area contributed by atoms with Crippen molar-refractivity contribution in [2.45, 2.75) is 0 Å². The molecule has 0 fully saturated rings. The third kappa shape index (κ3) is 1.08. The molecule has 13 heavy (non-hydrogen) atoms. The van der Waals surface area contributed by atoms with E-state index >= 15 is 0 Å². The monoisotopic (exact) mass is 176 g/mol. The van der Waals surface area contributed by atoms with Gasteiger partial charge in [0.25, 0.3) is 0 Å². The smallest absolute Gasteiger partial charge is 0.205 e. The molecule has 66 valence electrons. The second-order valence-electron chi connectivity index (χ2n) is 2.47. The predicted octanol–water partition coefficient (Wildman–Crippen LogP) is -0.692. The second kappa shape index (κ2) is 2.74. The van der Waals surface area contributed by atoms with Crippen LogP contribution in [-0.4, -0.2) is 20.4 Å². The lowest BCUT2D eigenvalue weighted by atomic mass is 10.4. The van der Waals surface area contributed by atoms with E-state index in [1.807, 2.05) is 18.2 Å². The maximum Gasteiger partial charge on any atom is 0.205 e. The highest BCUT2D eigenvalue weighted by molar-refractivity contribution is 5.94. The van der Waals surface area contributed by atoms with E-state index in [0.29, 0.717) is 11.5 Å². The Hall–Kier alpha value is -2.11. The number of rotatable bonds is 1. The summed E-state index contributed by atoms with van der Waals surface area (Å²) in [5, 5.41) is 11.1. The largest absolute Gasteiger partial charge is 0.379 e. The Morgan fingerprint density at radius 2 is 2.23 bits per heavy atom. The summed E-state index contributed by atoms with van der Waals surface area (Å²) in [5.74, 6) is 5.66. The molecule has 2 rings (SSSR count). The summed E-state index contributed by atoms with van der Waals surface area (Å²) in [6.07, 6.45) is 1.79. The van der Waals surface area contributed by atoms with Crippen LogP contribution in [0, 0.1) is 0 Å². The molecule has 4 N–H and O–H groups in total. The maximum atomic E-state index is 5.51. The van der Waals surface area contributed by atoms with Gasteiger partial charge in [0.1, 0.15) is 0 Å². The van der Waals surface area contributed by atoms with Gasteiger partial charge in [-0.05, 0) is 12.1 Å². The number of aromatic nitrogens is 3. The van der Waals surface area contributed by atoms with Crippen LogP contribution in [0.2, 0.25) is 0 Å². The molecule has 0 saturated carbocycles. The summed E-state index contributed by atoms with van der Waals surface area (Å²) in [7, 11) is 0. The molecule has 0 unspecified atom stereocenters. The molecule has 0 radical (unpaired) electrons. The molecule has 6 heteroatoms. The molecule has 0 bridgehead atoms. The first kappa shape index (κ1) is 7.53.